The van der Waals surface area contributed by atoms with Crippen LogP contribution < -0.4 is 10.1 Å². The molecule has 2 aliphatic rings. The molecule has 222 valence electrons. The number of carbonyl (C=O) groups excluding carboxylic acids is 3. The van der Waals surface area contributed by atoms with Crippen LogP contribution in [0.4, 0.5) is 4.39 Å². The van der Waals surface area contributed by atoms with Crippen molar-refractivity contribution in [1.29, 1.82) is 5.26 Å². The Morgan fingerprint density at radius 3 is 2.28 bits per heavy atom. The van der Waals surface area contributed by atoms with E-state index in [2.05, 4.69) is 16.4 Å². The molecule has 10 heteroatoms. The number of ketones is 1. The second-order valence-electron chi connectivity index (χ2n) is 11.0. The Hall–Kier alpha value is -4.62. The Morgan fingerprint density at radius 2 is 1.67 bits per heavy atom. The molecule has 43 heavy (non-hydrogen) atoms. The van der Waals surface area contributed by atoms with Gasteiger partial charge in [0.15, 0.2) is 5.78 Å². The number of hydrogen-bond donors (Lipinski definition) is 1. The van der Waals surface area contributed by atoms with Crippen LogP contribution in [0, 0.1) is 17.2 Å². The zero-order valence-electron chi connectivity index (χ0n) is 24.0. The number of likely N-dealkylation sites (tertiary alicyclic amines) is 2. The number of alkyl halides is 1. The number of Topliss-reactive ketones (excluding diaryl/α,β-unsaturated/α-hetero) is 1. The number of rotatable bonds is 8. The molecule has 0 spiro atoms. The van der Waals surface area contributed by atoms with Gasteiger partial charge in [-0.05, 0) is 73.4 Å². The van der Waals surface area contributed by atoms with Crippen molar-refractivity contribution in [2.24, 2.45) is 5.92 Å². The molecule has 0 saturated carbocycles. The van der Waals surface area contributed by atoms with Gasteiger partial charge in [0.1, 0.15) is 17.6 Å². The predicted octanol–water partition coefficient (Wildman–Crippen LogP) is 4.04. The van der Waals surface area contributed by atoms with Crippen LogP contribution >= 0.6 is 0 Å². The zero-order chi connectivity index (χ0) is 30.3. The molecule has 1 aromatic heterocycles. The molecule has 2 aliphatic heterocycles. The third-order valence-electron chi connectivity index (χ3n) is 8.20. The van der Waals surface area contributed by atoms with Crippen LogP contribution in [-0.4, -0.2) is 77.9 Å². The minimum atomic E-state index is -1.23. The van der Waals surface area contributed by atoms with E-state index in [9.17, 15) is 18.8 Å². The van der Waals surface area contributed by atoms with Crippen molar-refractivity contribution in [3.05, 3.63) is 94.8 Å². The topological polar surface area (TPSA) is 116 Å². The monoisotopic (exact) mass is 583 g/mol. The quantitative estimate of drug-likeness (QED) is 0.398. The normalized spacial score (nSPS) is 19.3. The maximum atomic E-state index is 15.0. The first-order valence-corrected chi connectivity index (χ1v) is 14.4. The predicted molar refractivity (Wildman–Crippen MR) is 157 cm³/mol. The van der Waals surface area contributed by atoms with Gasteiger partial charge in [0.2, 0.25) is 0 Å². The van der Waals surface area contributed by atoms with Crippen LogP contribution in [0.25, 0.3) is 0 Å². The van der Waals surface area contributed by atoms with Gasteiger partial charge in [-0.15, -0.1) is 0 Å². The lowest BCUT2D eigenvalue weighted by Crippen LogP contribution is -2.52. The summed E-state index contributed by atoms with van der Waals surface area (Å²) in [6, 6.07) is 18.8. The highest BCUT2D eigenvalue weighted by Gasteiger charge is 2.31. The lowest BCUT2D eigenvalue weighted by atomic mass is 9.88. The summed E-state index contributed by atoms with van der Waals surface area (Å²) in [6.45, 7) is 2.27. The largest absolute Gasteiger partial charge is 0.497 e. The molecule has 2 saturated heterocycles. The molecule has 3 aromatic rings. The standard InChI is InChI=1S/C33H34FN5O4/c1-43-27-9-6-24(7-10-27)31(40)25-12-16-39(17-13-25)33(42)30-11-8-26(19-36-30)32(41)37-29-14-15-38(21-28(29)34)20-23-4-2-22(18-35)3-5-23/h2-11,19,25,28-29H,12-17,20-21H2,1H3,(H,37,41)/t28-,29?/m1/s1. The van der Waals surface area contributed by atoms with Crippen LogP contribution in [0.1, 0.15) is 61.6 Å². The van der Waals surface area contributed by atoms with Crippen molar-refractivity contribution in [2.45, 2.75) is 38.0 Å². The summed E-state index contributed by atoms with van der Waals surface area (Å²) in [4.78, 5) is 46.7. The second-order valence-corrected chi connectivity index (χ2v) is 11.0. The summed E-state index contributed by atoms with van der Waals surface area (Å²) in [5.41, 5.74) is 2.69. The summed E-state index contributed by atoms with van der Waals surface area (Å²) < 4.78 is 20.1. The average molecular weight is 584 g/mol. The molecule has 0 aliphatic carbocycles. The number of nitriles is 1. The van der Waals surface area contributed by atoms with Crippen molar-refractivity contribution >= 4 is 17.6 Å². The smallest absolute Gasteiger partial charge is 0.272 e. The molecule has 1 unspecified atom stereocenters. The number of nitrogens with one attached hydrogen (secondary N) is 1. The molecule has 2 amide bonds. The van der Waals surface area contributed by atoms with Gasteiger partial charge in [-0.25, -0.2) is 4.39 Å². The summed E-state index contributed by atoms with van der Waals surface area (Å²) in [5, 5.41) is 11.7. The van der Waals surface area contributed by atoms with Gasteiger partial charge >= 0.3 is 0 Å². The molecule has 5 rings (SSSR count). The van der Waals surface area contributed by atoms with Crippen LogP contribution in [0.2, 0.25) is 0 Å². The van der Waals surface area contributed by atoms with E-state index in [0.717, 1.165) is 5.56 Å². The number of amides is 2. The van der Waals surface area contributed by atoms with Crippen molar-refractivity contribution in [3.8, 4) is 11.8 Å². The molecule has 2 atom stereocenters. The van der Waals surface area contributed by atoms with Crippen molar-refractivity contribution in [1.82, 2.24) is 20.1 Å². The van der Waals surface area contributed by atoms with Gasteiger partial charge in [-0.2, -0.15) is 5.26 Å². The van der Waals surface area contributed by atoms with Crippen LogP contribution in [0.5, 0.6) is 5.75 Å². The van der Waals surface area contributed by atoms with E-state index in [0.29, 0.717) is 62.3 Å². The number of carbonyl (C=O) groups is 3. The lowest BCUT2D eigenvalue weighted by Gasteiger charge is -2.35. The number of ether oxygens (including phenoxy) is 1. The highest BCUT2D eigenvalue weighted by atomic mass is 19.1. The van der Waals surface area contributed by atoms with E-state index in [4.69, 9.17) is 10.00 Å². The molecule has 3 heterocycles. The molecule has 2 fully saturated rings. The Bertz CT molecular complexity index is 1480. The van der Waals surface area contributed by atoms with Crippen molar-refractivity contribution in [3.63, 3.8) is 0 Å². The minimum Gasteiger partial charge on any atom is -0.497 e. The first kappa shape index (κ1) is 29.9. The number of pyridine rings is 1. The number of piperidine rings is 2. The van der Waals surface area contributed by atoms with Gasteiger partial charge in [0.05, 0.1) is 30.3 Å². The van der Waals surface area contributed by atoms with Crippen LogP contribution in [0.3, 0.4) is 0 Å². The van der Waals surface area contributed by atoms with E-state index in [1.54, 1.807) is 48.4 Å². The maximum absolute atomic E-state index is 15.0. The number of aromatic nitrogens is 1. The van der Waals surface area contributed by atoms with Crippen LogP contribution in [0.15, 0.2) is 66.9 Å². The van der Waals surface area contributed by atoms with Gasteiger partial charge < -0.3 is 15.0 Å². The van der Waals surface area contributed by atoms with E-state index >= 15 is 0 Å². The Kier molecular flexibility index (Phi) is 9.42. The molecule has 0 radical (unpaired) electrons. The molecular formula is C33H34FN5O4. The summed E-state index contributed by atoms with van der Waals surface area (Å²) in [7, 11) is 1.58. The molecule has 1 N–H and O–H groups in total. The van der Waals surface area contributed by atoms with E-state index < -0.39 is 18.1 Å². The fourth-order valence-electron chi connectivity index (χ4n) is 5.62. The number of halogens is 1. The molecule has 2 aromatic carbocycles. The fourth-order valence-corrected chi connectivity index (χ4v) is 5.62. The Balaban J connectivity index is 1.09. The summed E-state index contributed by atoms with van der Waals surface area (Å²) in [6.07, 6.45) is 1.70. The summed E-state index contributed by atoms with van der Waals surface area (Å²) >= 11 is 0. The van der Waals surface area contributed by atoms with Gasteiger partial charge in [-0.3, -0.25) is 24.3 Å². The first-order valence-electron chi connectivity index (χ1n) is 14.4. The Labute approximate surface area is 250 Å². The van der Waals surface area contributed by atoms with Gasteiger partial charge in [0, 0.05) is 50.4 Å². The first-order chi connectivity index (χ1) is 20.8. The van der Waals surface area contributed by atoms with Crippen molar-refractivity contribution in [2.75, 3.05) is 33.3 Å². The van der Waals surface area contributed by atoms with E-state index in [1.807, 2.05) is 17.0 Å². The highest BCUT2D eigenvalue weighted by Crippen LogP contribution is 2.24. The molecule has 9 nitrogen and oxygen atoms in total. The second kappa shape index (κ2) is 13.6. The maximum Gasteiger partial charge on any atom is 0.272 e. The summed E-state index contributed by atoms with van der Waals surface area (Å²) in [5.74, 6) is -0.0788. The van der Waals surface area contributed by atoms with E-state index in [-0.39, 0.29) is 35.4 Å². The SMILES string of the molecule is COc1ccc(C(=O)C2CCN(C(=O)c3ccc(C(=O)NC4CCN(Cc5ccc(C#N)cc5)C[C@H]4F)cn3)CC2)cc1. The van der Waals surface area contributed by atoms with E-state index in [1.165, 1.54) is 18.3 Å². The van der Waals surface area contributed by atoms with Gasteiger partial charge in [-0.1, -0.05) is 12.1 Å². The number of nitrogens with zero attached hydrogens (tertiary/aromatic N) is 4. The fraction of sp³-hybridized carbons (Fsp3) is 0.364. The number of hydrogen-bond acceptors (Lipinski definition) is 7. The minimum absolute atomic E-state index is 0.0655. The van der Waals surface area contributed by atoms with Gasteiger partial charge in [0.25, 0.3) is 11.8 Å². The Morgan fingerprint density at radius 1 is 0.977 bits per heavy atom. The molecule has 0 bridgehead atoms. The number of methoxy groups -OCH3 is 1. The highest BCUT2D eigenvalue weighted by molar-refractivity contribution is 5.99. The zero-order valence-corrected chi connectivity index (χ0v) is 24.0. The number of benzene rings is 2. The lowest BCUT2D eigenvalue weighted by molar-refractivity contribution is 0.0645. The van der Waals surface area contributed by atoms with Crippen molar-refractivity contribution < 1.29 is 23.5 Å². The van der Waals surface area contributed by atoms with Crippen LogP contribution in [-0.2, 0) is 6.54 Å². The molecular weight excluding hydrogens is 549 g/mol. The third kappa shape index (κ3) is 7.24. The average Bonchev–Trinajstić information content (AvgIpc) is 3.06. The third-order valence-corrected chi connectivity index (χ3v) is 8.20.